The van der Waals surface area contributed by atoms with Gasteiger partial charge in [-0.1, -0.05) is 11.6 Å². The van der Waals surface area contributed by atoms with Crippen LogP contribution in [0, 0.1) is 5.92 Å². The maximum atomic E-state index is 12.9. The zero-order chi connectivity index (χ0) is 25.2. The van der Waals surface area contributed by atoms with Crippen molar-refractivity contribution >= 4 is 46.2 Å². The first kappa shape index (κ1) is 25.8. The summed E-state index contributed by atoms with van der Waals surface area (Å²) in [5, 5.41) is 22.9. The molecule has 2 heterocycles. The van der Waals surface area contributed by atoms with Gasteiger partial charge in [0, 0.05) is 38.3 Å². The van der Waals surface area contributed by atoms with E-state index in [1.807, 2.05) is 6.92 Å². The SMILES string of the molecule is C[C@@H]1CC(=O)N1C[C@](C)(/C=N/NC(=O)C1CCCN(C(=O)c2ccc(O)c(O)c2Cl)C1)[SH](=O)=O. The van der Waals surface area contributed by atoms with E-state index in [-0.39, 0.29) is 35.6 Å². The molecule has 2 aliphatic rings. The molecule has 1 aromatic rings. The number of halogens is 1. The Balaban J connectivity index is 1.63. The lowest BCUT2D eigenvalue weighted by Crippen LogP contribution is -2.57. The summed E-state index contributed by atoms with van der Waals surface area (Å²) in [5.74, 6) is -2.75. The molecule has 3 N–H and O–H groups in total. The Labute approximate surface area is 203 Å². The second kappa shape index (κ2) is 10.2. The number of likely N-dealkylation sites (tertiary alicyclic amines) is 2. The first-order chi connectivity index (χ1) is 15.9. The van der Waals surface area contributed by atoms with Crippen molar-refractivity contribution in [3.63, 3.8) is 0 Å². The monoisotopic (exact) mass is 514 g/mol. The smallest absolute Gasteiger partial charge is 0.255 e. The van der Waals surface area contributed by atoms with Gasteiger partial charge in [0.25, 0.3) is 5.91 Å². The van der Waals surface area contributed by atoms with E-state index < -0.39 is 44.7 Å². The number of phenols is 2. The van der Waals surface area contributed by atoms with Crippen molar-refractivity contribution in [3.8, 4) is 11.5 Å². The van der Waals surface area contributed by atoms with Crippen molar-refractivity contribution < 1.29 is 33.0 Å². The number of hydrogen-bond donors (Lipinski definition) is 4. The summed E-state index contributed by atoms with van der Waals surface area (Å²) in [4.78, 5) is 40.1. The second-order valence-corrected chi connectivity index (χ2v) is 10.7. The lowest BCUT2D eigenvalue weighted by atomic mass is 9.96. The van der Waals surface area contributed by atoms with Gasteiger partial charge in [-0.2, -0.15) is 5.10 Å². The fourth-order valence-electron chi connectivity index (χ4n) is 3.94. The number of carbonyl (C=O) groups is 3. The molecule has 2 saturated heterocycles. The number of nitrogens with one attached hydrogen (secondary N) is 1. The summed E-state index contributed by atoms with van der Waals surface area (Å²) in [6.45, 7) is 3.63. The molecular formula is C21H27ClN4O7S. The third-order valence-corrected chi connectivity index (χ3v) is 7.63. The summed E-state index contributed by atoms with van der Waals surface area (Å²) in [6, 6.07) is 2.39. The van der Waals surface area contributed by atoms with E-state index >= 15 is 0 Å². The van der Waals surface area contributed by atoms with Crippen molar-refractivity contribution in [1.29, 1.82) is 0 Å². The lowest BCUT2D eigenvalue weighted by molar-refractivity contribution is -0.145. The molecule has 2 aliphatic heterocycles. The summed E-state index contributed by atoms with van der Waals surface area (Å²) < 4.78 is 22.2. The molecule has 1 aromatic carbocycles. The van der Waals surface area contributed by atoms with Crippen LogP contribution in [0.3, 0.4) is 0 Å². The van der Waals surface area contributed by atoms with Crippen LogP contribution in [0.2, 0.25) is 5.02 Å². The molecule has 0 aromatic heterocycles. The Bertz CT molecular complexity index is 1100. The Kier molecular flexibility index (Phi) is 7.71. The molecule has 34 heavy (non-hydrogen) atoms. The number of thiol groups is 1. The molecule has 3 atom stereocenters. The van der Waals surface area contributed by atoms with Gasteiger partial charge in [-0.15, -0.1) is 0 Å². The molecular weight excluding hydrogens is 488 g/mol. The van der Waals surface area contributed by atoms with Gasteiger partial charge in [0.2, 0.25) is 11.8 Å². The number of nitrogens with zero attached hydrogens (tertiary/aromatic N) is 3. The van der Waals surface area contributed by atoms with Crippen molar-refractivity contribution in [2.45, 2.75) is 43.9 Å². The number of rotatable bonds is 7. The van der Waals surface area contributed by atoms with Gasteiger partial charge in [0.1, 0.15) is 4.75 Å². The van der Waals surface area contributed by atoms with Crippen LogP contribution in [0.25, 0.3) is 0 Å². The fourth-order valence-corrected chi connectivity index (χ4v) is 4.60. The normalized spacial score (nSPS) is 22.5. The van der Waals surface area contributed by atoms with Crippen LogP contribution < -0.4 is 5.43 Å². The molecule has 3 amide bonds. The number of aromatic hydroxyl groups is 2. The predicted octanol–water partition coefficient (Wildman–Crippen LogP) is 0.696. The number of amides is 3. The lowest BCUT2D eigenvalue weighted by Gasteiger charge is -2.41. The van der Waals surface area contributed by atoms with E-state index in [9.17, 15) is 33.0 Å². The Morgan fingerprint density at radius 3 is 2.68 bits per heavy atom. The Morgan fingerprint density at radius 1 is 1.35 bits per heavy atom. The summed E-state index contributed by atoms with van der Waals surface area (Å²) in [6.07, 6.45) is 2.51. The summed E-state index contributed by atoms with van der Waals surface area (Å²) in [5.41, 5.74) is 2.35. The van der Waals surface area contributed by atoms with Gasteiger partial charge in [0.15, 0.2) is 22.2 Å². The van der Waals surface area contributed by atoms with E-state index in [1.54, 1.807) is 0 Å². The average molecular weight is 515 g/mol. The molecule has 186 valence electrons. The van der Waals surface area contributed by atoms with E-state index in [4.69, 9.17) is 11.6 Å². The average Bonchev–Trinajstić information content (AvgIpc) is 2.81. The third-order valence-electron chi connectivity index (χ3n) is 6.15. The second-order valence-electron chi connectivity index (χ2n) is 8.81. The van der Waals surface area contributed by atoms with E-state index in [0.717, 1.165) is 12.3 Å². The quantitative estimate of drug-likeness (QED) is 0.137. The molecule has 0 aliphatic carbocycles. The zero-order valence-corrected chi connectivity index (χ0v) is 20.4. The number of hydrazone groups is 1. The van der Waals surface area contributed by atoms with Gasteiger partial charge < -0.3 is 20.0 Å². The topological polar surface area (TPSA) is 157 Å². The largest absolute Gasteiger partial charge is 0.504 e. The highest BCUT2D eigenvalue weighted by Crippen LogP contribution is 2.36. The number of piperidine rings is 1. The molecule has 0 radical (unpaired) electrons. The first-order valence-electron chi connectivity index (χ1n) is 10.7. The van der Waals surface area contributed by atoms with Gasteiger partial charge in [-0.3, -0.25) is 14.4 Å². The van der Waals surface area contributed by atoms with Crippen LogP contribution in [0.5, 0.6) is 11.5 Å². The Morgan fingerprint density at radius 2 is 2.06 bits per heavy atom. The standard InChI is InChI=1S/C21H27ClN4O7S/c1-12-8-16(28)26(12)11-21(2,34(32)33)10-23-24-19(30)13-4-3-7-25(9-13)20(31)14-5-6-15(27)18(29)17(14)22/h5-6,10,12-13,27,29,34H,3-4,7-9,11H2,1-2H3,(H,24,30)/b23-10+/t12-,13?,21+/m1/s1. The molecule has 1 unspecified atom stereocenters. The van der Waals surface area contributed by atoms with Gasteiger partial charge in [-0.25, -0.2) is 13.8 Å². The minimum absolute atomic E-state index is 0.000768. The van der Waals surface area contributed by atoms with E-state index in [0.29, 0.717) is 25.8 Å². The predicted molar refractivity (Wildman–Crippen MR) is 125 cm³/mol. The van der Waals surface area contributed by atoms with E-state index in [1.165, 1.54) is 22.8 Å². The third kappa shape index (κ3) is 5.27. The maximum absolute atomic E-state index is 12.9. The molecule has 0 spiro atoms. The number of phenolic OH excluding ortho intramolecular Hbond substituents is 2. The van der Waals surface area contributed by atoms with E-state index in [2.05, 4.69) is 10.5 Å². The molecule has 3 rings (SSSR count). The highest BCUT2D eigenvalue weighted by Gasteiger charge is 2.39. The van der Waals surface area contributed by atoms with Gasteiger partial charge in [0.05, 0.1) is 16.5 Å². The molecule has 2 fully saturated rings. The molecule has 11 nitrogen and oxygen atoms in total. The Hall–Kier alpha value is -2.86. The van der Waals surface area contributed by atoms with Gasteiger partial charge in [-0.05, 0) is 38.8 Å². The van der Waals surface area contributed by atoms with Crippen molar-refractivity contribution in [3.05, 3.63) is 22.7 Å². The highest BCUT2D eigenvalue weighted by molar-refractivity contribution is 7.75. The number of carbonyl (C=O) groups excluding carboxylic acids is 3. The van der Waals surface area contributed by atoms with Crippen molar-refractivity contribution in [2.24, 2.45) is 11.0 Å². The zero-order valence-electron chi connectivity index (χ0n) is 18.7. The maximum Gasteiger partial charge on any atom is 0.255 e. The number of β-lactam (4-membered cyclic amide) rings is 1. The van der Waals surface area contributed by atoms with Crippen LogP contribution in [0.1, 0.15) is 43.5 Å². The van der Waals surface area contributed by atoms with Crippen molar-refractivity contribution in [2.75, 3.05) is 19.6 Å². The number of benzene rings is 1. The molecule has 0 bridgehead atoms. The molecule has 0 saturated carbocycles. The summed E-state index contributed by atoms with van der Waals surface area (Å²) >= 11 is 5.99. The first-order valence-corrected chi connectivity index (χ1v) is 12.3. The van der Waals surface area contributed by atoms with Crippen LogP contribution in [0.4, 0.5) is 0 Å². The highest BCUT2D eigenvalue weighted by atomic mass is 35.5. The fraction of sp³-hybridized carbons (Fsp3) is 0.524. The molecule has 13 heteroatoms. The van der Waals surface area contributed by atoms with Crippen molar-refractivity contribution in [1.82, 2.24) is 15.2 Å². The van der Waals surface area contributed by atoms with Crippen LogP contribution in [0.15, 0.2) is 17.2 Å². The summed E-state index contributed by atoms with van der Waals surface area (Å²) in [7, 11) is -2.98. The van der Waals surface area contributed by atoms with Gasteiger partial charge >= 0.3 is 0 Å². The van der Waals surface area contributed by atoms with Crippen LogP contribution in [-0.4, -0.2) is 82.8 Å². The van der Waals surface area contributed by atoms with Crippen LogP contribution in [-0.2, 0) is 20.3 Å². The van der Waals surface area contributed by atoms with Crippen LogP contribution >= 0.6 is 11.6 Å². The number of hydrogen-bond acceptors (Lipinski definition) is 8. The minimum atomic E-state index is -2.98. The minimum Gasteiger partial charge on any atom is -0.504 e.